The highest BCUT2D eigenvalue weighted by molar-refractivity contribution is 5.92. The van der Waals surface area contributed by atoms with Crippen molar-refractivity contribution in [2.45, 2.75) is 6.36 Å². The third-order valence-corrected chi connectivity index (χ3v) is 3.08. The molecule has 124 valence electrons. The fourth-order valence-corrected chi connectivity index (χ4v) is 2.08. The Hall–Kier alpha value is -3.23. The molecule has 3 N–H and O–H groups in total. The van der Waals surface area contributed by atoms with E-state index in [0.29, 0.717) is 22.7 Å². The Labute approximate surface area is 132 Å². The van der Waals surface area contributed by atoms with E-state index >= 15 is 0 Å². The van der Waals surface area contributed by atoms with Crippen LogP contribution >= 0.6 is 0 Å². The number of hydrogen-bond donors (Lipinski definition) is 3. The molecule has 0 spiro atoms. The van der Waals surface area contributed by atoms with Crippen LogP contribution in [0.2, 0.25) is 0 Å². The Kier molecular flexibility index (Phi) is 3.76. The summed E-state index contributed by atoms with van der Waals surface area (Å²) in [5.41, 5.74) is 1.68. The number of aromatic amines is 1. The largest absolute Gasteiger partial charge is 0.573 e. The lowest BCUT2D eigenvalue weighted by Gasteiger charge is -2.09. The van der Waals surface area contributed by atoms with E-state index in [9.17, 15) is 18.0 Å². The van der Waals surface area contributed by atoms with Gasteiger partial charge in [0, 0.05) is 5.69 Å². The zero-order valence-electron chi connectivity index (χ0n) is 11.9. The Morgan fingerprint density at radius 1 is 1.17 bits per heavy atom. The summed E-state index contributed by atoms with van der Waals surface area (Å²) < 4.78 is 40.1. The number of imidazole rings is 1. The van der Waals surface area contributed by atoms with E-state index in [0.717, 1.165) is 0 Å². The van der Waals surface area contributed by atoms with Gasteiger partial charge in [-0.2, -0.15) is 0 Å². The van der Waals surface area contributed by atoms with E-state index in [4.69, 9.17) is 5.11 Å². The second-order valence-electron chi connectivity index (χ2n) is 4.82. The summed E-state index contributed by atoms with van der Waals surface area (Å²) in [4.78, 5) is 18.0. The first-order valence-corrected chi connectivity index (χ1v) is 6.66. The van der Waals surface area contributed by atoms with Gasteiger partial charge in [0.1, 0.15) is 5.75 Å². The number of carbonyl (C=O) groups is 1. The number of hydrogen-bond acceptors (Lipinski definition) is 4. The first kappa shape index (κ1) is 15.7. The average Bonchev–Trinajstić information content (AvgIpc) is 2.89. The molecule has 3 rings (SSSR count). The molecule has 0 fully saturated rings. The summed E-state index contributed by atoms with van der Waals surface area (Å²) in [5.74, 6) is -1.05. The minimum Gasteiger partial charge on any atom is -0.478 e. The van der Waals surface area contributed by atoms with Crippen LogP contribution in [0.4, 0.5) is 24.8 Å². The highest BCUT2D eigenvalue weighted by atomic mass is 19.4. The standard InChI is InChI=1S/C15H10F3N3O3/c16-15(17,18)24-10-4-2-9(3-5-10)19-14-20-11-6-1-8(13(22)23)7-12(11)21-14/h1-7H,(H,22,23)(H2,19,20,21). The van der Waals surface area contributed by atoms with Crippen molar-refractivity contribution < 1.29 is 27.8 Å². The number of aromatic carboxylic acids is 1. The Morgan fingerprint density at radius 3 is 2.50 bits per heavy atom. The molecular weight excluding hydrogens is 327 g/mol. The van der Waals surface area contributed by atoms with Crippen molar-refractivity contribution in [2.75, 3.05) is 5.32 Å². The molecule has 0 unspecified atom stereocenters. The van der Waals surface area contributed by atoms with Crippen LogP contribution in [0.25, 0.3) is 11.0 Å². The zero-order chi connectivity index (χ0) is 17.3. The van der Waals surface area contributed by atoms with Crippen LogP contribution in [-0.2, 0) is 0 Å². The first-order valence-electron chi connectivity index (χ1n) is 6.66. The quantitative estimate of drug-likeness (QED) is 0.672. The van der Waals surface area contributed by atoms with E-state index in [2.05, 4.69) is 20.0 Å². The van der Waals surface area contributed by atoms with Crippen LogP contribution in [0.5, 0.6) is 5.75 Å². The maximum absolute atomic E-state index is 12.1. The van der Waals surface area contributed by atoms with Gasteiger partial charge in [-0.05, 0) is 42.5 Å². The molecule has 1 aromatic heterocycles. The van der Waals surface area contributed by atoms with Crippen molar-refractivity contribution in [3.05, 3.63) is 48.0 Å². The number of fused-ring (bicyclic) bond motifs is 1. The van der Waals surface area contributed by atoms with Gasteiger partial charge in [0.25, 0.3) is 0 Å². The monoisotopic (exact) mass is 337 g/mol. The molecule has 0 radical (unpaired) electrons. The molecule has 0 amide bonds. The van der Waals surface area contributed by atoms with E-state index in [-0.39, 0.29) is 11.3 Å². The molecule has 0 bridgehead atoms. The summed E-state index contributed by atoms with van der Waals surface area (Å²) in [6.45, 7) is 0. The second-order valence-corrected chi connectivity index (χ2v) is 4.82. The number of aromatic nitrogens is 2. The third kappa shape index (κ3) is 3.57. The number of nitrogens with one attached hydrogen (secondary N) is 2. The SMILES string of the molecule is O=C(O)c1ccc2nc(Nc3ccc(OC(F)(F)F)cc3)[nH]c2c1. The lowest BCUT2D eigenvalue weighted by Crippen LogP contribution is -2.16. The van der Waals surface area contributed by atoms with Crippen LogP contribution in [0.3, 0.4) is 0 Å². The average molecular weight is 337 g/mol. The number of halogens is 3. The summed E-state index contributed by atoms with van der Waals surface area (Å²) in [7, 11) is 0. The highest BCUT2D eigenvalue weighted by Gasteiger charge is 2.30. The predicted molar refractivity (Wildman–Crippen MR) is 79.5 cm³/mol. The second kappa shape index (κ2) is 5.76. The molecule has 0 atom stereocenters. The minimum absolute atomic E-state index is 0.117. The number of anilines is 2. The predicted octanol–water partition coefficient (Wildman–Crippen LogP) is 3.90. The molecule has 0 saturated heterocycles. The van der Waals surface area contributed by atoms with Crippen LogP contribution in [-0.4, -0.2) is 27.4 Å². The van der Waals surface area contributed by atoms with E-state index in [1.807, 2.05) is 0 Å². The van der Waals surface area contributed by atoms with Crippen LogP contribution in [0.15, 0.2) is 42.5 Å². The number of nitrogens with zero attached hydrogens (tertiary/aromatic N) is 1. The normalized spacial score (nSPS) is 11.5. The summed E-state index contributed by atoms with van der Waals surface area (Å²) >= 11 is 0. The van der Waals surface area contributed by atoms with Crippen molar-refractivity contribution in [1.82, 2.24) is 9.97 Å². The van der Waals surface area contributed by atoms with Crippen molar-refractivity contribution in [3.63, 3.8) is 0 Å². The molecule has 1 heterocycles. The number of alkyl halides is 3. The molecule has 0 aliphatic rings. The molecule has 2 aromatic carbocycles. The number of benzene rings is 2. The number of H-pyrrole nitrogens is 1. The number of rotatable bonds is 4. The maximum Gasteiger partial charge on any atom is 0.573 e. The van der Waals surface area contributed by atoms with Crippen molar-refractivity contribution in [3.8, 4) is 5.75 Å². The van der Waals surface area contributed by atoms with Gasteiger partial charge >= 0.3 is 12.3 Å². The van der Waals surface area contributed by atoms with Crippen LogP contribution in [0, 0.1) is 0 Å². The van der Waals surface area contributed by atoms with Crippen molar-refractivity contribution in [2.24, 2.45) is 0 Å². The molecular formula is C15H10F3N3O3. The molecule has 0 aliphatic carbocycles. The van der Waals surface area contributed by atoms with Gasteiger partial charge in [0.05, 0.1) is 16.6 Å². The molecule has 0 saturated carbocycles. The molecule has 3 aromatic rings. The smallest absolute Gasteiger partial charge is 0.478 e. The Bertz CT molecular complexity index is 888. The van der Waals surface area contributed by atoms with Crippen LogP contribution < -0.4 is 10.1 Å². The Balaban J connectivity index is 1.78. The fraction of sp³-hybridized carbons (Fsp3) is 0.0667. The topological polar surface area (TPSA) is 87.2 Å². The number of ether oxygens (including phenoxy) is 1. The van der Waals surface area contributed by atoms with E-state index in [1.165, 1.54) is 36.4 Å². The van der Waals surface area contributed by atoms with Crippen LogP contribution in [0.1, 0.15) is 10.4 Å². The minimum atomic E-state index is -4.74. The summed E-state index contributed by atoms with van der Waals surface area (Å²) in [6, 6.07) is 9.56. The fourth-order valence-electron chi connectivity index (χ4n) is 2.08. The van der Waals surface area contributed by atoms with Gasteiger partial charge in [-0.15, -0.1) is 13.2 Å². The third-order valence-electron chi connectivity index (χ3n) is 3.08. The summed E-state index contributed by atoms with van der Waals surface area (Å²) in [5, 5.41) is 11.8. The molecule has 9 heteroatoms. The van der Waals surface area contributed by atoms with Gasteiger partial charge in [0.15, 0.2) is 0 Å². The molecule has 24 heavy (non-hydrogen) atoms. The van der Waals surface area contributed by atoms with Gasteiger partial charge < -0.3 is 20.1 Å². The lowest BCUT2D eigenvalue weighted by atomic mass is 10.2. The van der Waals surface area contributed by atoms with Gasteiger partial charge in [-0.1, -0.05) is 0 Å². The van der Waals surface area contributed by atoms with E-state index < -0.39 is 12.3 Å². The molecule has 0 aliphatic heterocycles. The van der Waals surface area contributed by atoms with Gasteiger partial charge in [-0.3, -0.25) is 0 Å². The zero-order valence-corrected chi connectivity index (χ0v) is 11.9. The van der Waals surface area contributed by atoms with E-state index in [1.54, 1.807) is 6.07 Å². The van der Waals surface area contributed by atoms with Crippen molar-refractivity contribution >= 4 is 28.6 Å². The van der Waals surface area contributed by atoms with Gasteiger partial charge in [-0.25, -0.2) is 9.78 Å². The highest BCUT2D eigenvalue weighted by Crippen LogP contribution is 2.25. The lowest BCUT2D eigenvalue weighted by molar-refractivity contribution is -0.274. The van der Waals surface area contributed by atoms with Crippen molar-refractivity contribution in [1.29, 1.82) is 0 Å². The van der Waals surface area contributed by atoms with Gasteiger partial charge in [0.2, 0.25) is 5.95 Å². The number of carboxylic acids is 1. The Morgan fingerprint density at radius 2 is 1.88 bits per heavy atom. The summed E-state index contributed by atoms with van der Waals surface area (Å²) in [6.07, 6.45) is -4.74. The molecule has 6 nitrogen and oxygen atoms in total. The number of carboxylic acid groups (broad SMARTS) is 1. The first-order chi connectivity index (χ1) is 11.3. The maximum atomic E-state index is 12.1.